The van der Waals surface area contributed by atoms with Crippen LogP contribution in [0.25, 0.3) is 0 Å². The molecule has 1 nitrogen and oxygen atoms in total. The summed E-state index contributed by atoms with van der Waals surface area (Å²) in [5.74, 6) is 5.29. The number of nitrogens with one attached hydrogen (secondary N) is 1. The monoisotopic (exact) mass is 255 g/mol. The standard InChI is InChI=1S/C18H25N/c1-19-17-4-2-3-12(10-17)11-18-15-6-13-5-14(8-15)9-16(18)7-13/h2-4,10,13-16,18-19H,5-9,11H2,1H3. The van der Waals surface area contributed by atoms with Crippen LogP contribution in [0.1, 0.15) is 37.7 Å². The summed E-state index contributed by atoms with van der Waals surface area (Å²) in [6.45, 7) is 0. The molecule has 4 aliphatic carbocycles. The average Bonchev–Trinajstić information content (AvgIpc) is 2.42. The van der Waals surface area contributed by atoms with Gasteiger partial charge in [-0.05, 0) is 85.8 Å². The zero-order valence-corrected chi connectivity index (χ0v) is 11.9. The lowest BCUT2D eigenvalue weighted by Crippen LogP contribution is -2.45. The van der Waals surface area contributed by atoms with Crippen LogP contribution in [0.5, 0.6) is 0 Å². The number of hydrogen-bond donors (Lipinski definition) is 1. The molecule has 4 saturated carbocycles. The van der Waals surface area contributed by atoms with Crippen LogP contribution in [0, 0.1) is 29.6 Å². The first-order valence-electron chi connectivity index (χ1n) is 8.08. The minimum Gasteiger partial charge on any atom is -0.388 e. The number of benzene rings is 1. The Morgan fingerprint density at radius 1 is 1.00 bits per heavy atom. The molecule has 1 N–H and O–H groups in total. The Hall–Kier alpha value is -0.980. The van der Waals surface area contributed by atoms with Crippen LogP contribution < -0.4 is 5.32 Å². The first kappa shape index (κ1) is 11.8. The van der Waals surface area contributed by atoms with E-state index in [2.05, 4.69) is 29.6 Å². The molecule has 1 aromatic rings. The van der Waals surface area contributed by atoms with Crippen LogP contribution in [0.2, 0.25) is 0 Å². The molecule has 0 radical (unpaired) electrons. The van der Waals surface area contributed by atoms with Crippen molar-refractivity contribution in [1.29, 1.82) is 0 Å². The maximum absolute atomic E-state index is 3.27. The maximum atomic E-state index is 3.27. The van der Waals surface area contributed by atoms with Crippen molar-refractivity contribution in [2.24, 2.45) is 29.6 Å². The highest BCUT2D eigenvalue weighted by molar-refractivity contribution is 5.45. The van der Waals surface area contributed by atoms with E-state index in [9.17, 15) is 0 Å². The molecule has 0 saturated heterocycles. The molecule has 0 amide bonds. The summed E-state index contributed by atoms with van der Waals surface area (Å²) in [6.07, 6.45) is 9.07. The van der Waals surface area contributed by atoms with Crippen molar-refractivity contribution >= 4 is 5.69 Å². The van der Waals surface area contributed by atoms with Gasteiger partial charge in [0.15, 0.2) is 0 Å². The quantitative estimate of drug-likeness (QED) is 0.847. The Kier molecular flexibility index (Phi) is 2.82. The molecule has 19 heavy (non-hydrogen) atoms. The van der Waals surface area contributed by atoms with Crippen LogP contribution in [0.15, 0.2) is 24.3 Å². The van der Waals surface area contributed by atoms with Crippen molar-refractivity contribution in [1.82, 2.24) is 0 Å². The van der Waals surface area contributed by atoms with Crippen molar-refractivity contribution < 1.29 is 0 Å². The van der Waals surface area contributed by atoms with Crippen molar-refractivity contribution in [2.45, 2.75) is 38.5 Å². The predicted octanol–water partition coefficient (Wildman–Crippen LogP) is 4.34. The lowest BCUT2D eigenvalue weighted by molar-refractivity contribution is -0.0359. The van der Waals surface area contributed by atoms with Gasteiger partial charge in [-0.15, -0.1) is 0 Å². The van der Waals surface area contributed by atoms with Crippen molar-refractivity contribution in [2.75, 3.05) is 12.4 Å². The maximum Gasteiger partial charge on any atom is 0.0340 e. The molecule has 0 spiro atoms. The van der Waals surface area contributed by atoms with Gasteiger partial charge in [0.25, 0.3) is 0 Å². The van der Waals surface area contributed by atoms with Gasteiger partial charge in [0.2, 0.25) is 0 Å². The van der Waals surface area contributed by atoms with Crippen LogP contribution in [-0.2, 0) is 6.42 Å². The zero-order valence-electron chi connectivity index (χ0n) is 11.9. The van der Waals surface area contributed by atoms with Gasteiger partial charge in [0.05, 0.1) is 0 Å². The molecule has 0 aromatic heterocycles. The number of anilines is 1. The van der Waals surface area contributed by atoms with Gasteiger partial charge < -0.3 is 5.32 Å². The van der Waals surface area contributed by atoms with Crippen LogP contribution >= 0.6 is 0 Å². The summed E-state index contributed by atoms with van der Waals surface area (Å²) in [5.41, 5.74) is 2.81. The van der Waals surface area contributed by atoms with Gasteiger partial charge in [0, 0.05) is 12.7 Å². The van der Waals surface area contributed by atoms with E-state index in [1.807, 2.05) is 7.05 Å². The minimum atomic E-state index is 0.986. The van der Waals surface area contributed by atoms with E-state index in [1.165, 1.54) is 12.1 Å². The first-order chi connectivity index (χ1) is 9.31. The molecule has 5 rings (SSSR count). The molecule has 0 heterocycles. The minimum absolute atomic E-state index is 0.986. The Balaban J connectivity index is 1.53. The fourth-order valence-corrected chi connectivity index (χ4v) is 5.50. The fourth-order valence-electron chi connectivity index (χ4n) is 5.50. The first-order valence-corrected chi connectivity index (χ1v) is 8.08. The van der Waals surface area contributed by atoms with Crippen molar-refractivity contribution in [3.63, 3.8) is 0 Å². The van der Waals surface area contributed by atoms with Crippen molar-refractivity contribution in [3.05, 3.63) is 29.8 Å². The van der Waals surface area contributed by atoms with Crippen LogP contribution in [0.3, 0.4) is 0 Å². The lowest BCUT2D eigenvalue weighted by Gasteiger charge is -2.54. The van der Waals surface area contributed by atoms with Crippen molar-refractivity contribution in [3.8, 4) is 0 Å². The van der Waals surface area contributed by atoms with Gasteiger partial charge in [-0.2, -0.15) is 0 Å². The third kappa shape index (κ3) is 2.07. The normalized spacial score (nSPS) is 39.5. The van der Waals surface area contributed by atoms with E-state index >= 15 is 0 Å². The summed E-state index contributed by atoms with van der Waals surface area (Å²) >= 11 is 0. The van der Waals surface area contributed by atoms with E-state index < -0.39 is 0 Å². The second-order valence-corrected chi connectivity index (χ2v) is 7.25. The lowest BCUT2D eigenvalue weighted by atomic mass is 9.51. The van der Waals surface area contributed by atoms with Gasteiger partial charge in [-0.3, -0.25) is 0 Å². The van der Waals surface area contributed by atoms with Crippen LogP contribution in [-0.4, -0.2) is 7.05 Å². The molecule has 1 aromatic carbocycles. The second kappa shape index (κ2) is 4.54. The highest BCUT2D eigenvalue weighted by atomic mass is 14.8. The molecule has 0 atom stereocenters. The van der Waals surface area contributed by atoms with E-state index in [0.717, 1.165) is 29.6 Å². The Morgan fingerprint density at radius 3 is 2.32 bits per heavy atom. The summed E-state index contributed by atoms with van der Waals surface area (Å²) in [7, 11) is 2.02. The summed E-state index contributed by atoms with van der Waals surface area (Å²) in [5, 5.41) is 3.27. The largest absolute Gasteiger partial charge is 0.388 e. The molecule has 102 valence electrons. The Morgan fingerprint density at radius 2 is 1.68 bits per heavy atom. The third-order valence-corrected chi connectivity index (χ3v) is 6.11. The van der Waals surface area contributed by atoms with E-state index in [-0.39, 0.29) is 0 Å². The summed E-state index contributed by atoms with van der Waals surface area (Å²) in [4.78, 5) is 0. The molecule has 0 aliphatic heterocycles. The Labute approximate surface area is 116 Å². The number of rotatable bonds is 3. The van der Waals surface area contributed by atoms with Gasteiger partial charge in [-0.25, -0.2) is 0 Å². The van der Waals surface area contributed by atoms with Gasteiger partial charge >= 0.3 is 0 Å². The highest BCUT2D eigenvalue weighted by Gasteiger charge is 2.47. The van der Waals surface area contributed by atoms with Gasteiger partial charge in [-0.1, -0.05) is 12.1 Å². The predicted molar refractivity (Wildman–Crippen MR) is 80.2 cm³/mol. The smallest absolute Gasteiger partial charge is 0.0340 e. The van der Waals surface area contributed by atoms with Crippen LogP contribution in [0.4, 0.5) is 5.69 Å². The SMILES string of the molecule is CNc1cccc(CC2C3CC4CC(C3)CC2C4)c1. The van der Waals surface area contributed by atoms with E-state index in [4.69, 9.17) is 0 Å². The molecule has 1 heteroatoms. The van der Waals surface area contributed by atoms with E-state index in [0.29, 0.717) is 0 Å². The molecular weight excluding hydrogens is 230 g/mol. The molecule has 4 aliphatic rings. The second-order valence-electron chi connectivity index (χ2n) is 7.25. The summed E-state index contributed by atoms with van der Waals surface area (Å²) in [6, 6.07) is 9.05. The molecule has 4 bridgehead atoms. The zero-order chi connectivity index (χ0) is 12.8. The third-order valence-electron chi connectivity index (χ3n) is 6.11. The highest BCUT2D eigenvalue weighted by Crippen LogP contribution is 2.57. The topological polar surface area (TPSA) is 12.0 Å². The molecule has 0 unspecified atom stereocenters. The molecule has 4 fully saturated rings. The Bertz CT molecular complexity index is 437. The van der Waals surface area contributed by atoms with E-state index in [1.54, 1.807) is 37.7 Å². The average molecular weight is 255 g/mol. The molecular formula is C18H25N. The fraction of sp³-hybridized carbons (Fsp3) is 0.667. The van der Waals surface area contributed by atoms with Gasteiger partial charge in [0.1, 0.15) is 0 Å². The number of hydrogen-bond acceptors (Lipinski definition) is 1. The summed E-state index contributed by atoms with van der Waals surface area (Å²) < 4.78 is 0.